The molecule has 2 atom stereocenters. The van der Waals surface area contributed by atoms with Gasteiger partial charge < -0.3 is 14.8 Å². The number of hydrogen-bond donors (Lipinski definition) is 1. The highest BCUT2D eigenvalue weighted by Gasteiger charge is 2.42. The lowest BCUT2D eigenvalue weighted by Gasteiger charge is -2.44. The number of amides is 1. The fourth-order valence-corrected chi connectivity index (χ4v) is 6.10. The van der Waals surface area contributed by atoms with Gasteiger partial charge in [-0.3, -0.25) is 4.90 Å². The van der Waals surface area contributed by atoms with Crippen molar-refractivity contribution in [1.82, 2.24) is 10.2 Å². The predicted molar refractivity (Wildman–Crippen MR) is 135 cm³/mol. The Bertz CT molecular complexity index is 1080. The molecule has 182 valence electrons. The van der Waals surface area contributed by atoms with Crippen LogP contribution in [0.5, 0.6) is 5.75 Å². The Labute approximate surface area is 207 Å². The van der Waals surface area contributed by atoms with Gasteiger partial charge in [-0.1, -0.05) is 49.7 Å². The quantitative estimate of drug-likeness (QED) is 0.548. The first kappa shape index (κ1) is 23.5. The molecule has 3 heterocycles. The molecule has 6 rings (SSSR count). The van der Waals surface area contributed by atoms with Gasteiger partial charge in [0.15, 0.2) is 0 Å². The molecule has 0 saturated carbocycles. The molecule has 2 unspecified atom stereocenters. The maximum Gasteiger partial charge on any atom is 0.407 e. The number of fused-ring (bicyclic) bond motifs is 4. The summed E-state index contributed by atoms with van der Waals surface area (Å²) in [5.74, 6) is 1.21. The Morgan fingerprint density at radius 3 is 2.47 bits per heavy atom. The number of rotatable bonds is 5. The summed E-state index contributed by atoms with van der Waals surface area (Å²) in [4.78, 5) is 15.3. The summed E-state index contributed by atoms with van der Waals surface area (Å²) in [7, 11) is 0. The van der Waals surface area contributed by atoms with Crippen LogP contribution in [-0.4, -0.2) is 42.8 Å². The van der Waals surface area contributed by atoms with E-state index in [1.807, 2.05) is 32.0 Å². The zero-order chi connectivity index (χ0) is 24.0. The van der Waals surface area contributed by atoms with Gasteiger partial charge in [-0.2, -0.15) is 0 Å². The third-order valence-corrected chi connectivity index (χ3v) is 7.92. The van der Waals surface area contributed by atoms with Crippen LogP contribution in [-0.2, 0) is 11.2 Å². The average molecular weight is 483 g/mol. The van der Waals surface area contributed by atoms with Crippen molar-refractivity contribution in [3.63, 3.8) is 0 Å². The summed E-state index contributed by atoms with van der Waals surface area (Å²) < 4.78 is 11.7. The summed E-state index contributed by atoms with van der Waals surface area (Å²) in [6, 6.07) is 12.4. The van der Waals surface area contributed by atoms with Gasteiger partial charge in [0.1, 0.15) is 11.9 Å². The molecule has 0 spiro atoms. The van der Waals surface area contributed by atoms with E-state index in [-0.39, 0.29) is 29.8 Å². The van der Waals surface area contributed by atoms with E-state index in [1.165, 1.54) is 11.1 Å². The zero-order valence-electron chi connectivity index (χ0n) is 20.6. The standard InChI is InChI=1S/C28H35ClN2O3/c1-17(2)33-24-8-6-20(14-23(24)29)19-5-7-22-21(13-19)15-28(3,4)26(22)30-27(32)34-25-16-31-11-9-18(25)10-12-31/h5-8,13-14,17-18,25-26H,9-12,15-16H2,1-4H3,(H,30,32). The smallest absolute Gasteiger partial charge is 0.407 e. The first-order valence-corrected chi connectivity index (χ1v) is 12.9. The van der Waals surface area contributed by atoms with Crippen molar-refractivity contribution in [1.29, 1.82) is 0 Å². The van der Waals surface area contributed by atoms with E-state index in [4.69, 9.17) is 21.1 Å². The van der Waals surface area contributed by atoms with E-state index in [0.29, 0.717) is 16.7 Å². The SMILES string of the molecule is CC(C)Oc1ccc(-c2ccc3c(c2)CC(C)(C)C3NC(=O)OC2CN3CCC2CC3)cc1Cl. The van der Waals surface area contributed by atoms with Crippen molar-refractivity contribution in [3.05, 3.63) is 52.5 Å². The highest BCUT2D eigenvalue weighted by Crippen LogP contribution is 2.46. The molecule has 2 aromatic carbocycles. The Balaban J connectivity index is 1.31. The van der Waals surface area contributed by atoms with Gasteiger partial charge in [0, 0.05) is 6.54 Å². The predicted octanol–water partition coefficient (Wildman–Crippen LogP) is 6.24. The second-order valence-corrected chi connectivity index (χ2v) is 11.5. The van der Waals surface area contributed by atoms with Crippen molar-refractivity contribution in [2.24, 2.45) is 11.3 Å². The Kier molecular flexibility index (Phi) is 6.28. The molecule has 2 aromatic rings. The number of benzene rings is 2. The third kappa shape index (κ3) is 4.65. The van der Waals surface area contributed by atoms with Crippen LogP contribution < -0.4 is 10.1 Å². The zero-order valence-corrected chi connectivity index (χ0v) is 21.3. The topological polar surface area (TPSA) is 50.8 Å². The monoisotopic (exact) mass is 482 g/mol. The first-order chi connectivity index (χ1) is 16.2. The minimum absolute atomic E-state index is 0.0151. The number of halogens is 1. The fourth-order valence-electron chi connectivity index (χ4n) is 5.87. The van der Waals surface area contributed by atoms with E-state index in [2.05, 4.69) is 42.3 Å². The number of piperidine rings is 3. The van der Waals surface area contributed by atoms with Crippen LogP contribution in [0.25, 0.3) is 11.1 Å². The van der Waals surface area contributed by atoms with Crippen molar-refractivity contribution in [2.75, 3.05) is 19.6 Å². The van der Waals surface area contributed by atoms with E-state index in [9.17, 15) is 4.79 Å². The number of hydrogen-bond acceptors (Lipinski definition) is 4. The maximum atomic E-state index is 12.9. The molecule has 1 amide bonds. The van der Waals surface area contributed by atoms with Gasteiger partial charge in [-0.15, -0.1) is 0 Å². The van der Waals surface area contributed by atoms with Crippen LogP contribution in [0, 0.1) is 11.3 Å². The van der Waals surface area contributed by atoms with Crippen molar-refractivity contribution in [2.45, 2.75) is 65.2 Å². The summed E-state index contributed by atoms with van der Waals surface area (Å²) in [6.07, 6.45) is 2.96. The second-order valence-electron chi connectivity index (χ2n) is 11.0. The number of ether oxygens (including phenoxy) is 2. The second kappa shape index (κ2) is 9.09. The molecule has 3 aliphatic heterocycles. The Hall–Kier alpha value is -2.24. The molecular weight excluding hydrogens is 448 g/mol. The lowest BCUT2D eigenvalue weighted by atomic mass is 9.85. The van der Waals surface area contributed by atoms with Gasteiger partial charge in [0.25, 0.3) is 0 Å². The van der Waals surface area contributed by atoms with Crippen LogP contribution in [0.2, 0.25) is 5.02 Å². The highest BCUT2D eigenvalue weighted by atomic mass is 35.5. The number of nitrogens with one attached hydrogen (secondary N) is 1. The molecule has 0 radical (unpaired) electrons. The minimum atomic E-state index is -0.290. The number of alkyl carbamates (subject to hydrolysis) is 1. The average Bonchev–Trinajstić information content (AvgIpc) is 3.04. The van der Waals surface area contributed by atoms with Crippen LogP contribution >= 0.6 is 11.6 Å². The Morgan fingerprint density at radius 2 is 1.82 bits per heavy atom. The maximum absolute atomic E-state index is 12.9. The van der Waals surface area contributed by atoms with Gasteiger partial charge in [-0.25, -0.2) is 4.79 Å². The first-order valence-electron chi connectivity index (χ1n) is 12.5. The molecule has 4 aliphatic rings. The summed E-state index contributed by atoms with van der Waals surface area (Å²) in [6.45, 7) is 11.5. The van der Waals surface area contributed by atoms with E-state index in [0.717, 1.165) is 50.0 Å². The van der Waals surface area contributed by atoms with Crippen LogP contribution in [0.3, 0.4) is 0 Å². The molecule has 34 heavy (non-hydrogen) atoms. The van der Waals surface area contributed by atoms with Crippen LogP contribution in [0.1, 0.15) is 57.7 Å². The Morgan fingerprint density at radius 1 is 1.12 bits per heavy atom. The highest BCUT2D eigenvalue weighted by molar-refractivity contribution is 6.32. The lowest BCUT2D eigenvalue weighted by molar-refractivity contribution is -0.0348. The summed E-state index contributed by atoms with van der Waals surface area (Å²) >= 11 is 6.48. The van der Waals surface area contributed by atoms with Crippen molar-refractivity contribution >= 4 is 17.7 Å². The van der Waals surface area contributed by atoms with Gasteiger partial charge in [0.05, 0.1) is 17.2 Å². The van der Waals surface area contributed by atoms with Crippen molar-refractivity contribution in [3.8, 4) is 16.9 Å². The molecule has 3 saturated heterocycles. The molecule has 1 N–H and O–H groups in total. The molecule has 0 aromatic heterocycles. The third-order valence-electron chi connectivity index (χ3n) is 7.63. The number of nitrogens with zero attached hydrogens (tertiary/aromatic N) is 1. The molecular formula is C28H35ClN2O3. The molecule has 5 nitrogen and oxygen atoms in total. The van der Waals surface area contributed by atoms with Gasteiger partial charge in [0.2, 0.25) is 0 Å². The molecule has 1 aliphatic carbocycles. The normalized spacial score (nSPS) is 26.9. The van der Waals surface area contributed by atoms with Crippen LogP contribution in [0.4, 0.5) is 4.79 Å². The largest absolute Gasteiger partial charge is 0.489 e. The fraction of sp³-hybridized carbons (Fsp3) is 0.536. The number of carbonyl (C=O) groups excluding carboxylic acids is 1. The van der Waals surface area contributed by atoms with Crippen molar-refractivity contribution < 1.29 is 14.3 Å². The van der Waals surface area contributed by atoms with E-state index >= 15 is 0 Å². The molecule has 3 fully saturated rings. The number of carbonyl (C=O) groups is 1. The van der Waals surface area contributed by atoms with Gasteiger partial charge in [-0.05, 0) is 91.9 Å². The minimum Gasteiger partial charge on any atom is -0.489 e. The van der Waals surface area contributed by atoms with E-state index < -0.39 is 0 Å². The van der Waals surface area contributed by atoms with Gasteiger partial charge >= 0.3 is 6.09 Å². The molecule has 6 heteroatoms. The summed E-state index contributed by atoms with van der Waals surface area (Å²) in [5.41, 5.74) is 4.50. The lowest BCUT2D eigenvalue weighted by Crippen LogP contribution is -2.53. The molecule has 2 bridgehead atoms. The van der Waals surface area contributed by atoms with Crippen LogP contribution in [0.15, 0.2) is 36.4 Å². The van der Waals surface area contributed by atoms with E-state index in [1.54, 1.807) is 0 Å². The summed E-state index contributed by atoms with van der Waals surface area (Å²) in [5, 5.41) is 3.82.